The molecular weight excluding hydrogens is 799 g/mol. The second-order valence-electron chi connectivity index (χ2n) is 16.4. The lowest BCUT2D eigenvalue weighted by atomic mass is 9.98. The Bertz CT molecular complexity index is 2800. The summed E-state index contributed by atoms with van der Waals surface area (Å²) in [5.41, 5.74) is 4.12. The van der Waals surface area contributed by atoms with Crippen molar-refractivity contribution >= 4 is 28.3 Å². The highest BCUT2D eigenvalue weighted by atomic mass is 16.5. The minimum atomic E-state index is -0.781. The van der Waals surface area contributed by atoms with Crippen LogP contribution >= 0.6 is 0 Å². The van der Waals surface area contributed by atoms with E-state index in [1.165, 1.54) is 15.4 Å². The van der Waals surface area contributed by atoms with Crippen molar-refractivity contribution in [3.8, 4) is 34.5 Å². The van der Waals surface area contributed by atoms with Crippen molar-refractivity contribution in [2.75, 3.05) is 63.9 Å². The topological polar surface area (TPSA) is 184 Å². The molecule has 1 N–H and O–H groups in total. The van der Waals surface area contributed by atoms with E-state index in [1.54, 1.807) is 42.9 Å². The van der Waals surface area contributed by atoms with Gasteiger partial charge in [0, 0.05) is 74.0 Å². The normalized spacial score (nSPS) is 17.7. The highest BCUT2D eigenvalue weighted by Crippen LogP contribution is 2.25. The van der Waals surface area contributed by atoms with Crippen LogP contribution < -0.4 is 26.1 Å². The Morgan fingerprint density at radius 1 is 0.778 bits per heavy atom. The molecule has 1 atom stereocenters. The number of nitriles is 1. The predicted octanol–water partition coefficient (Wildman–Crippen LogP) is 3.89. The average Bonchev–Trinajstić information content (AvgIpc) is 3.32. The molecule has 16 nitrogen and oxygen atoms in total. The van der Waals surface area contributed by atoms with Gasteiger partial charge in [0.05, 0.1) is 54.5 Å². The van der Waals surface area contributed by atoms with Crippen LogP contribution in [0.25, 0.3) is 33.4 Å². The van der Waals surface area contributed by atoms with Crippen molar-refractivity contribution in [2.24, 2.45) is 5.92 Å². The Labute approximate surface area is 363 Å². The SMILES string of the molecule is N#Cc1cccc(-c2ccc(=O)n(Cc3cccc(-c4ncc(OCC5CCN(CCN6CCN(c7ccc8c(=O)n(C9CCC(=O)NC9=O)ncc8c7)CC6)CC5)cn4)c3)n2)c1. The number of amides is 2. The number of fused-ring (bicyclic) bond motifs is 1. The van der Waals surface area contributed by atoms with Crippen molar-refractivity contribution in [1.29, 1.82) is 5.26 Å². The third-order valence-corrected chi connectivity index (χ3v) is 12.3. The smallest absolute Gasteiger partial charge is 0.275 e. The maximum atomic E-state index is 13.2. The summed E-state index contributed by atoms with van der Waals surface area (Å²) in [6.45, 7) is 8.71. The molecule has 3 aliphatic rings. The molecule has 16 heteroatoms. The van der Waals surface area contributed by atoms with Crippen molar-refractivity contribution in [3.63, 3.8) is 0 Å². The van der Waals surface area contributed by atoms with E-state index < -0.39 is 11.9 Å². The number of nitrogens with zero attached hydrogens (tertiary/aromatic N) is 10. The van der Waals surface area contributed by atoms with Crippen LogP contribution in [0.1, 0.15) is 42.9 Å². The van der Waals surface area contributed by atoms with Crippen LogP contribution in [-0.2, 0) is 16.1 Å². The van der Waals surface area contributed by atoms with E-state index in [0.717, 1.165) is 93.0 Å². The van der Waals surface area contributed by atoms with Crippen LogP contribution in [-0.4, -0.2) is 110 Å². The van der Waals surface area contributed by atoms with Crippen LogP contribution in [0, 0.1) is 17.2 Å². The Balaban J connectivity index is 0.703. The molecule has 320 valence electrons. The maximum absolute atomic E-state index is 13.2. The number of benzene rings is 3. The molecule has 0 aliphatic carbocycles. The zero-order valence-corrected chi connectivity index (χ0v) is 34.8. The van der Waals surface area contributed by atoms with Gasteiger partial charge in [0.1, 0.15) is 6.04 Å². The summed E-state index contributed by atoms with van der Waals surface area (Å²) in [5, 5.41) is 21.7. The number of ether oxygens (including phenoxy) is 1. The fourth-order valence-electron chi connectivity index (χ4n) is 8.58. The molecule has 0 spiro atoms. The Hall–Kier alpha value is -7.09. The van der Waals surface area contributed by atoms with Crippen LogP contribution in [0.4, 0.5) is 5.69 Å². The quantitative estimate of drug-likeness (QED) is 0.175. The van der Waals surface area contributed by atoms with Gasteiger partial charge in [-0.15, -0.1) is 0 Å². The molecule has 0 bridgehead atoms. The molecule has 3 aliphatic heterocycles. The Morgan fingerprint density at radius 3 is 2.32 bits per heavy atom. The number of carbonyl (C=O) groups excluding carboxylic acids is 2. The summed E-state index contributed by atoms with van der Waals surface area (Å²) >= 11 is 0. The van der Waals surface area contributed by atoms with E-state index in [0.29, 0.717) is 40.7 Å². The molecule has 9 rings (SSSR count). The molecule has 0 radical (unpaired) electrons. The van der Waals surface area contributed by atoms with Crippen LogP contribution in [0.2, 0.25) is 0 Å². The van der Waals surface area contributed by atoms with Crippen molar-refractivity contribution < 1.29 is 14.3 Å². The number of aromatic nitrogens is 6. The van der Waals surface area contributed by atoms with Crippen molar-refractivity contribution in [1.82, 2.24) is 44.6 Å². The van der Waals surface area contributed by atoms with E-state index >= 15 is 0 Å². The number of hydrogen-bond acceptors (Lipinski definition) is 13. The number of imide groups is 1. The number of piperazine rings is 1. The first kappa shape index (κ1) is 41.3. The number of rotatable bonds is 12. The molecule has 6 aromatic rings. The number of hydrogen-bond donors (Lipinski definition) is 1. The number of anilines is 1. The van der Waals surface area contributed by atoms with E-state index in [1.807, 2.05) is 48.5 Å². The fraction of sp³-hybridized carbons (Fsp3) is 0.340. The lowest BCUT2D eigenvalue weighted by Gasteiger charge is -2.38. The van der Waals surface area contributed by atoms with Crippen molar-refractivity contribution in [3.05, 3.63) is 129 Å². The van der Waals surface area contributed by atoms with E-state index in [-0.39, 0.29) is 36.4 Å². The number of nitrogens with one attached hydrogen (secondary N) is 1. The average molecular weight is 846 g/mol. The van der Waals surface area contributed by atoms with E-state index in [2.05, 4.69) is 46.3 Å². The summed E-state index contributed by atoms with van der Waals surface area (Å²) in [6, 6.07) is 25.2. The van der Waals surface area contributed by atoms with Gasteiger partial charge in [0.2, 0.25) is 5.91 Å². The molecule has 63 heavy (non-hydrogen) atoms. The summed E-state index contributed by atoms with van der Waals surface area (Å²) in [6.07, 6.45) is 7.66. The first-order valence-electron chi connectivity index (χ1n) is 21.4. The Morgan fingerprint density at radius 2 is 1.54 bits per heavy atom. The van der Waals surface area contributed by atoms with Crippen LogP contribution in [0.3, 0.4) is 0 Å². The summed E-state index contributed by atoms with van der Waals surface area (Å²) in [4.78, 5) is 66.5. The van der Waals surface area contributed by atoms with Gasteiger partial charge in [0.15, 0.2) is 11.6 Å². The zero-order valence-electron chi connectivity index (χ0n) is 34.8. The van der Waals surface area contributed by atoms with Crippen LogP contribution in [0.5, 0.6) is 5.75 Å². The summed E-state index contributed by atoms with van der Waals surface area (Å²) in [7, 11) is 0. The molecule has 2 amide bonds. The number of likely N-dealkylation sites (tertiary alicyclic amines) is 1. The molecule has 3 aromatic heterocycles. The van der Waals surface area contributed by atoms with Gasteiger partial charge in [-0.05, 0) is 86.3 Å². The molecule has 1 unspecified atom stereocenters. The second-order valence-corrected chi connectivity index (χ2v) is 16.4. The molecule has 0 saturated carbocycles. The minimum Gasteiger partial charge on any atom is -0.490 e. The number of piperidine rings is 2. The van der Waals surface area contributed by atoms with E-state index in [9.17, 15) is 24.4 Å². The maximum Gasteiger partial charge on any atom is 0.275 e. The number of carbonyl (C=O) groups is 2. The van der Waals surface area contributed by atoms with E-state index in [4.69, 9.17) is 4.74 Å². The highest BCUT2D eigenvalue weighted by molar-refractivity contribution is 5.99. The molecule has 3 saturated heterocycles. The predicted molar refractivity (Wildman–Crippen MR) is 236 cm³/mol. The van der Waals surface area contributed by atoms with Gasteiger partial charge in [-0.2, -0.15) is 15.5 Å². The van der Waals surface area contributed by atoms with Gasteiger partial charge in [0.25, 0.3) is 17.0 Å². The summed E-state index contributed by atoms with van der Waals surface area (Å²) in [5.74, 6) is 0.850. The third-order valence-electron chi connectivity index (χ3n) is 12.3. The Kier molecular flexibility index (Phi) is 12.1. The molecule has 3 aromatic carbocycles. The minimum absolute atomic E-state index is 0.184. The van der Waals surface area contributed by atoms with Crippen LogP contribution in [0.15, 0.2) is 107 Å². The highest BCUT2D eigenvalue weighted by Gasteiger charge is 2.30. The standard InChI is InChI=1S/C47H47N11O5/c48-26-33-3-1-5-35(23-33)41-9-12-44(60)57(53-41)30-34-4-2-6-36(24-34)45-49-28-39(29-50-45)63-31-32-13-15-54(16-14-32)17-18-55-19-21-56(22-20-55)38-7-8-40-37(25-38)27-51-58(47(40)62)42-10-11-43(59)52-46(42)61/h1-9,12,23-25,27-29,32,42H,10-11,13-22,30-31H2,(H,52,59,61). The van der Waals surface area contributed by atoms with Gasteiger partial charge in [-0.25, -0.2) is 19.3 Å². The first-order chi connectivity index (χ1) is 30.8. The fourth-order valence-corrected chi connectivity index (χ4v) is 8.58. The van der Waals surface area contributed by atoms with Gasteiger partial charge in [-0.1, -0.05) is 30.3 Å². The first-order valence-corrected chi connectivity index (χ1v) is 21.4. The lowest BCUT2D eigenvalue weighted by molar-refractivity contribution is -0.136. The van der Waals surface area contributed by atoms with Gasteiger partial charge in [-0.3, -0.25) is 29.4 Å². The largest absolute Gasteiger partial charge is 0.490 e. The van der Waals surface area contributed by atoms with Gasteiger partial charge < -0.3 is 14.5 Å². The van der Waals surface area contributed by atoms with Crippen molar-refractivity contribution in [2.45, 2.75) is 38.3 Å². The second kappa shape index (κ2) is 18.5. The monoisotopic (exact) mass is 845 g/mol. The van der Waals surface area contributed by atoms with Gasteiger partial charge >= 0.3 is 0 Å². The molecule has 3 fully saturated rings. The zero-order chi connectivity index (χ0) is 43.3. The summed E-state index contributed by atoms with van der Waals surface area (Å²) < 4.78 is 8.77. The molecule has 6 heterocycles. The third kappa shape index (κ3) is 9.54. The lowest BCUT2D eigenvalue weighted by Crippen LogP contribution is -2.49. The molecular formula is C47H47N11O5.